The SMILES string of the molecule is O=C(NCCCCCCBr)c1ccccc1OC(F)F. The van der Waals surface area contributed by atoms with Crippen molar-refractivity contribution in [3.05, 3.63) is 29.8 Å². The lowest BCUT2D eigenvalue weighted by Crippen LogP contribution is -2.25. The number of carbonyl (C=O) groups is 1. The van der Waals surface area contributed by atoms with Crippen LogP contribution in [0.25, 0.3) is 0 Å². The summed E-state index contributed by atoms with van der Waals surface area (Å²) in [5.74, 6) is -0.485. The van der Waals surface area contributed by atoms with E-state index in [0.29, 0.717) is 6.54 Å². The standard InChI is InChI=1S/C14H18BrF2NO2/c15-9-5-1-2-6-10-18-13(19)11-7-3-4-8-12(11)20-14(16)17/h3-4,7-8,14H,1-2,5-6,9-10H2,(H,18,19). The number of halogens is 3. The molecule has 6 heteroatoms. The predicted molar refractivity (Wildman–Crippen MR) is 77.7 cm³/mol. The van der Waals surface area contributed by atoms with Crippen molar-refractivity contribution >= 4 is 21.8 Å². The van der Waals surface area contributed by atoms with Crippen LogP contribution in [0.1, 0.15) is 36.0 Å². The lowest BCUT2D eigenvalue weighted by Gasteiger charge is -2.10. The van der Waals surface area contributed by atoms with Gasteiger partial charge in [-0.25, -0.2) is 0 Å². The van der Waals surface area contributed by atoms with E-state index < -0.39 is 6.61 Å². The highest BCUT2D eigenvalue weighted by atomic mass is 79.9. The molecule has 0 heterocycles. The maximum Gasteiger partial charge on any atom is 0.387 e. The van der Waals surface area contributed by atoms with Gasteiger partial charge in [0.25, 0.3) is 5.91 Å². The lowest BCUT2D eigenvalue weighted by atomic mass is 10.1. The van der Waals surface area contributed by atoms with Crippen molar-refractivity contribution in [2.24, 2.45) is 0 Å². The first-order chi connectivity index (χ1) is 9.65. The molecule has 3 nitrogen and oxygen atoms in total. The van der Waals surface area contributed by atoms with E-state index in [9.17, 15) is 13.6 Å². The third-order valence-electron chi connectivity index (χ3n) is 2.69. The van der Waals surface area contributed by atoms with Crippen LogP contribution in [0.15, 0.2) is 24.3 Å². The van der Waals surface area contributed by atoms with Crippen LogP contribution in [0.5, 0.6) is 5.75 Å². The highest BCUT2D eigenvalue weighted by Crippen LogP contribution is 2.20. The fraction of sp³-hybridized carbons (Fsp3) is 0.500. The first kappa shape index (κ1) is 16.9. The molecule has 0 radical (unpaired) electrons. The van der Waals surface area contributed by atoms with Crippen LogP contribution in [-0.4, -0.2) is 24.4 Å². The summed E-state index contributed by atoms with van der Waals surface area (Å²) in [6.45, 7) is -2.40. The molecule has 1 aromatic rings. The van der Waals surface area contributed by atoms with E-state index in [1.807, 2.05) is 0 Å². The average molecular weight is 350 g/mol. The van der Waals surface area contributed by atoms with Crippen molar-refractivity contribution in [3.8, 4) is 5.75 Å². The monoisotopic (exact) mass is 349 g/mol. The number of nitrogens with one attached hydrogen (secondary N) is 1. The Labute approximate surface area is 125 Å². The number of carbonyl (C=O) groups excluding carboxylic acids is 1. The second-order valence-corrected chi connectivity index (χ2v) is 5.03. The molecule has 0 aliphatic heterocycles. The molecule has 112 valence electrons. The normalized spacial score (nSPS) is 10.6. The van der Waals surface area contributed by atoms with Crippen LogP contribution >= 0.6 is 15.9 Å². The third-order valence-corrected chi connectivity index (χ3v) is 3.25. The highest BCUT2D eigenvalue weighted by Gasteiger charge is 2.14. The molecule has 0 aliphatic rings. The van der Waals surface area contributed by atoms with Gasteiger partial charge in [-0.15, -0.1) is 0 Å². The molecule has 0 unspecified atom stereocenters. The zero-order chi connectivity index (χ0) is 14.8. The number of hydrogen-bond donors (Lipinski definition) is 1. The number of benzene rings is 1. The Bertz CT molecular complexity index is 416. The number of para-hydroxylation sites is 1. The molecule has 20 heavy (non-hydrogen) atoms. The van der Waals surface area contributed by atoms with Gasteiger partial charge in [-0.3, -0.25) is 4.79 Å². The summed E-state index contributed by atoms with van der Waals surface area (Å²) in [6, 6.07) is 5.99. The summed E-state index contributed by atoms with van der Waals surface area (Å²) in [6.07, 6.45) is 4.11. The average Bonchev–Trinajstić information content (AvgIpc) is 2.42. The summed E-state index contributed by atoms with van der Waals surface area (Å²) in [4.78, 5) is 11.9. The van der Waals surface area contributed by atoms with E-state index in [1.165, 1.54) is 12.1 Å². The Morgan fingerprint density at radius 3 is 2.60 bits per heavy atom. The molecule has 0 aliphatic carbocycles. The van der Waals surface area contributed by atoms with E-state index in [1.54, 1.807) is 12.1 Å². The Morgan fingerprint density at radius 2 is 1.90 bits per heavy atom. The largest absolute Gasteiger partial charge is 0.434 e. The first-order valence-electron chi connectivity index (χ1n) is 6.53. The maximum absolute atomic E-state index is 12.2. The first-order valence-corrected chi connectivity index (χ1v) is 7.65. The molecule has 0 aromatic heterocycles. The van der Waals surface area contributed by atoms with Gasteiger partial charge in [0.1, 0.15) is 5.75 Å². The third kappa shape index (κ3) is 6.32. The molecule has 0 bridgehead atoms. The van der Waals surface area contributed by atoms with Crippen molar-refractivity contribution in [2.45, 2.75) is 32.3 Å². The number of unbranched alkanes of at least 4 members (excludes halogenated alkanes) is 3. The van der Waals surface area contributed by atoms with Crippen molar-refractivity contribution in [2.75, 3.05) is 11.9 Å². The molecule has 0 atom stereocenters. The van der Waals surface area contributed by atoms with Crippen molar-refractivity contribution < 1.29 is 18.3 Å². The van der Waals surface area contributed by atoms with E-state index in [2.05, 4.69) is 26.0 Å². The van der Waals surface area contributed by atoms with Crippen molar-refractivity contribution in [3.63, 3.8) is 0 Å². The molecule has 1 N–H and O–H groups in total. The van der Waals surface area contributed by atoms with Gasteiger partial charge in [-0.1, -0.05) is 40.9 Å². The molecule has 0 saturated heterocycles. The molecular weight excluding hydrogens is 332 g/mol. The van der Waals surface area contributed by atoms with Crippen LogP contribution in [-0.2, 0) is 0 Å². The molecule has 0 spiro atoms. The lowest BCUT2D eigenvalue weighted by molar-refractivity contribution is -0.0501. The predicted octanol–water partition coefficient (Wildman–Crippen LogP) is 3.97. The zero-order valence-corrected chi connectivity index (χ0v) is 12.7. The summed E-state index contributed by atoms with van der Waals surface area (Å²) in [5.41, 5.74) is 0.133. The van der Waals surface area contributed by atoms with Gasteiger partial charge in [0.05, 0.1) is 5.56 Å². The quantitative estimate of drug-likeness (QED) is 0.541. The summed E-state index contributed by atoms with van der Waals surface area (Å²) in [7, 11) is 0. The van der Waals surface area contributed by atoms with Crippen molar-refractivity contribution in [1.82, 2.24) is 5.32 Å². The topological polar surface area (TPSA) is 38.3 Å². The minimum absolute atomic E-state index is 0.0979. The molecule has 0 fully saturated rings. The van der Waals surface area contributed by atoms with E-state index in [0.717, 1.165) is 31.0 Å². The van der Waals surface area contributed by atoms with Gasteiger partial charge in [0.2, 0.25) is 0 Å². The molecule has 0 saturated carbocycles. The van der Waals surface area contributed by atoms with Crippen LogP contribution in [0, 0.1) is 0 Å². The van der Waals surface area contributed by atoms with E-state index in [-0.39, 0.29) is 17.2 Å². The fourth-order valence-electron chi connectivity index (χ4n) is 1.72. The molecular formula is C14H18BrF2NO2. The summed E-state index contributed by atoms with van der Waals surface area (Å²) in [5, 5.41) is 3.70. The van der Waals surface area contributed by atoms with Gasteiger partial charge in [0.15, 0.2) is 0 Å². The second kappa shape index (κ2) is 9.69. The number of amides is 1. The van der Waals surface area contributed by atoms with Crippen LogP contribution in [0.2, 0.25) is 0 Å². The maximum atomic E-state index is 12.2. The molecule has 1 rings (SSSR count). The highest BCUT2D eigenvalue weighted by molar-refractivity contribution is 9.09. The van der Waals surface area contributed by atoms with Gasteiger partial charge in [-0.05, 0) is 25.0 Å². The smallest absolute Gasteiger partial charge is 0.387 e. The van der Waals surface area contributed by atoms with Crippen LogP contribution in [0.4, 0.5) is 8.78 Å². The number of alkyl halides is 3. The minimum atomic E-state index is -2.94. The van der Waals surface area contributed by atoms with E-state index >= 15 is 0 Å². The summed E-state index contributed by atoms with van der Waals surface area (Å²) >= 11 is 3.35. The van der Waals surface area contributed by atoms with Gasteiger partial charge in [-0.2, -0.15) is 8.78 Å². The van der Waals surface area contributed by atoms with Gasteiger partial charge in [0, 0.05) is 11.9 Å². The van der Waals surface area contributed by atoms with Gasteiger partial charge < -0.3 is 10.1 Å². The zero-order valence-electron chi connectivity index (χ0n) is 11.1. The number of hydrogen-bond acceptors (Lipinski definition) is 2. The minimum Gasteiger partial charge on any atom is -0.434 e. The van der Waals surface area contributed by atoms with Crippen LogP contribution < -0.4 is 10.1 Å². The Hall–Kier alpha value is -1.17. The second-order valence-electron chi connectivity index (χ2n) is 4.23. The van der Waals surface area contributed by atoms with Gasteiger partial charge >= 0.3 is 6.61 Å². The number of rotatable bonds is 9. The van der Waals surface area contributed by atoms with E-state index in [4.69, 9.17) is 0 Å². The molecule has 1 aromatic carbocycles. The van der Waals surface area contributed by atoms with Crippen molar-refractivity contribution in [1.29, 1.82) is 0 Å². The Morgan fingerprint density at radius 1 is 1.20 bits per heavy atom. The summed E-state index contributed by atoms with van der Waals surface area (Å²) < 4.78 is 28.8. The Kier molecular flexibility index (Phi) is 8.18. The Balaban J connectivity index is 2.43. The number of ether oxygens (including phenoxy) is 1. The molecule has 1 amide bonds. The fourth-order valence-corrected chi connectivity index (χ4v) is 2.12. The van der Waals surface area contributed by atoms with Crippen LogP contribution in [0.3, 0.4) is 0 Å².